The predicted octanol–water partition coefficient (Wildman–Crippen LogP) is 3.84. The highest BCUT2D eigenvalue weighted by Gasteiger charge is 2.74. The summed E-state index contributed by atoms with van der Waals surface area (Å²) in [5, 5.41) is 3.57. The van der Waals surface area contributed by atoms with Crippen LogP contribution in [0.4, 0.5) is 11.4 Å². The van der Waals surface area contributed by atoms with Gasteiger partial charge in [0.2, 0.25) is 17.7 Å². The summed E-state index contributed by atoms with van der Waals surface area (Å²) in [6.45, 7) is 2.55. The van der Waals surface area contributed by atoms with Crippen LogP contribution in [0.3, 0.4) is 0 Å². The number of halogens is 2. The van der Waals surface area contributed by atoms with Gasteiger partial charge in [0, 0.05) is 21.1 Å². The molecule has 4 heterocycles. The van der Waals surface area contributed by atoms with Crippen molar-refractivity contribution in [2.24, 2.45) is 11.8 Å². The third-order valence-electron chi connectivity index (χ3n) is 7.43. The first-order valence-electron chi connectivity index (χ1n) is 10.4. The zero-order valence-corrected chi connectivity index (χ0v) is 19.0. The third kappa shape index (κ3) is 2.24. The topological polar surface area (TPSA) is 69.7 Å². The third-order valence-corrected chi connectivity index (χ3v) is 8.33. The molecule has 31 heavy (non-hydrogen) atoms. The van der Waals surface area contributed by atoms with Gasteiger partial charge in [0.25, 0.3) is 0 Å². The van der Waals surface area contributed by atoms with E-state index in [4.69, 9.17) is 11.6 Å². The zero-order valence-electron chi connectivity index (χ0n) is 16.7. The molecular weight excluding hydrogens is 482 g/mol. The number of rotatable bonds is 1. The Kier molecular flexibility index (Phi) is 4.02. The molecule has 0 aliphatic carbocycles. The molecule has 2 aromatic carbocycles. The normalized spacial score (nSPS) is 31.4. The van der Waals surface area contributed by atoms with Gasteiger partial charge in [-0.2, -0.15) is 0 Å². The largest absolute Gasteiger partial charge is 0.324 e. The number of benzene rings is 2. The van der Waals surface area contributed by atoms with E-state index in [9.17, 15) is 14.4 Å². The van der Waals surface area contributed by atoms with E-state index in [2.05, 4.69) is 26.1 Å². The Morgan fingerprint density at radius 2 is 1.97 bits per heavy atom. The molecule has 1 spiro atoms. The van der Waals surface area contributed by atoms with Gasteiger partial charge in [0.15, 0.2) is 0 Å². The van der Waals surface area contributed by atoms with Crippen molar-refractivity contribution in [1.29, 1.82) is 0 Å². The maximum absolute atomic E-state index is 13.9. The van der Waals surface area contributed by atoms with Gasteiger partial charge in [-0.1, -0.05) is 39.7 Å². The Morgan fingerprint density at radius 1 is 1.16 bits per heavy atom. The molecular formula is C23H19BrClN3O3. The maximum atomic E-state index is 13.9. The molecule has 3 fully saturated rings. The Bertz CT molecular complexity index is 1200. The second-order valence-corrected chi connectivity index (χ2v) is 10.0. The molecule has 8 heteroatoms. The van der Waals surface area contributed by atoms with Crippen LogP contribution < -0.4 is 10.2 Å². The fraction of sp³-hybridized carbons (Fsp3) is 0.348. The van der Waals surface area contributed by atoms with E-state index < -0.39 is 17.4 Å². The van der Waals surface area contributed by atoms with Gasteiger partial charge in [-0.3, -0.25) is 19.3 Å². The number of hydrogen-bond donors (Lipinski definition) is 1. The van der Waals surface area contributed by atoms with Crippen LogP contribution in [0.25, 0.3) is 0 Å². The van der Waals surface area contributed by atoms with Gasteiger partial charge in [-0.15, -0.1) is 0 Å². The minimum absolute atomic E-state index is 0.133. The zero-order chi connectivity index (χ0) is 21.7. The number of hydrogen-bond acceptors (Lipinski definition) is 4. The molecule has 1 N–H and O–H groups in total. The molecule has 4 unspecified atom stereocenters. The molecule has 3 saturated heterocycles. The summed E-state index contributed by atoms with van der Waals surface area (Å²) in [5.74, 6) is -2.05. The van der Waals surface area contributed by atoms with Crippen LogP contribution in [0.1, 0.15) is 24.0 Å². The lowest BCUT2D eigenvalue weighted by atomic mass is 9.75. The summed E-state index contributed by atoms with van der Waals surface area (Å²) in [5.41, 5.74) is 1.57. The first-order chi connectivity index (χ1) is 14.9. The SMILES string of the molecule is Cc1c(Cl)ccc2c1NC(=O)C21C2C(=O)N(c3cccc(Br)c3)C(=O)C2C2CCCN21. The molecule has 0 radical (unpaired) electrons. The van der Waals surface area contributed by atoms with Crippen LogP contribution in [-0.4, -0.2) is 35.2 Å². The number of imide groups is 1. The molecule has 158 valence electrons. The molecule has 0 bridgehead atoms. The Balaban J connectivity index is 1.57. The molecule has 4 aliphatic rings. The van der Waals surface area contributed by atoms with Gasteiger partial charge < -0.3 is 5.32 Å². The average molecular weight is 501 g/mol. The number of fused-ring (bicyclic) bond motifs is 7. The second kappa shape index (κ2) is 6.40. The Labute approximate surface area is 192 Å². The first kappa shape index (κ1) is 19.5. The fourth-order valence-electron chi connectivity index (χ4n) is 6.26. The molecule has 4 atom stereocenters. The number of anilines is 2. The number of nitrogens with one attached hydrogen (secondary N) is 1. The molecule has 6 rings (SSSR count). The number of amides is 3. The van der Waals surface area contributed by atoms with E-state index in [1.165, 1.54) is 4.90 Å². The van der Waals surface area contributed by atoms with Gasteiger partial charge in [-0.25, -0.2) is 4.90 Å². The highest BCUT2D eigenvalue weighted by Crippen LogP contribution is 2.61. The Hall–Kier alpha value is -2.22. The molecule has 0 aromatic heterocycles. The van der Waals surface area contributed by atoms with Crippen LogP contribution in [0, 0.1) is 18.8 Å². The van der Waals surface area contributed by atoms with Gasteiger partial charge >= 0.3 is 0 Å². The molecule has 6 nitrogen and oxygen atoms in total. The van der Waals surface area contributed by atoms with Crippen molar-refractivity contribution in [1.82, 2.24) is 4.90 Å². The summed E-state index contributed by atoms with van der Waals surface area (Å²) < 4.78 is 0.786. The van der Waals surface area contributed by atoms with E-state index in [0.29, 0.717) is 22.9 Å². The van der Waals surface area contributed by atoms with Gasteiger partial charge in [-0.05, 0) is 56.1 Å². The summed E-state index contributed by atoms with van der Waals surface area (Å²) in [4.78, 5) is 44.6. The lowest BCUT2D eigenvalue weighted by Gasteiger charge is -2.36. The molecule has 2 aromatic rings. The summed E-state index contributed by atoms with van der Waals surface area (Å²) in [6, 6.07) is 10.7. The molecule has 4 aliphatic heterocycles. The van der Waals surface area contributed by atoms with Crippen LogP contribution in [0.5, 0.6) is 0 Å². The monoisotopic (exact) mass is 499 g/mol. The van der Waals surface area contributed by atoms with Crippen LogP contribution in [0.2, 0.25) is 5.02 Å². The van der Waals surface area contributed by atoms with Crippen molar-refractivity contribution in [3.05, 3.63) is 57.0 Å². The molecule has 0 saturated carbocycles. The summed E-state index contributed by atoms with van der Waals surface area (Å²) in [7, 11) is 0. The number of carbonyl (C=O) groups is 3. The highest BCUT2D eigenvalue weighted by molar-refractivity contribution is 9.10. The van der Waals surface area contributed by atoms with Crippen molar-refractivity contribution in [3.8, 4) is 0 Å². The van der Waals surface area contributed by atoms with Crippen molar-refractivity contribution in [2.75, 3.05) is 16.8 Å². The van der Waals surface area contributed by atoms with E-state index in [1.807, 2.05) is 19.1 Å². The fourth-order valence-corrected chi connectivity index (χ4v) is 6.80. The number of nitrogens with zero attached hydrogens (tertiary/aromatic N) is 2. The van der Waals surface area contributed by atoms with Crippen molar-refractivity contribution in [2.45, 2.75) is 31.3 Å². The first-order valence-corrected chi connectivity index (χ1v) is 11.6. The maximum Gasteiger partial charge on any atom is 0.250 e. The molecule has 3 amide bonds. The van der Waals surface area contributed by atoms with Gasteiger partial charge in [0.1, 0.15) is 5.54 Å². The van der Waals surface area contributed by atoms with Crippen LogP contribution in [-0.2, 0) is 19.9 Å². The minimum atomic E-state index is -1.18. The second-order valence-electron chi connectivity index (χ2n) is 8.71. The lowest BCUT2D eigenvalue weighted by Crippen LogP contribution is -2.54. The van der Waals surface area contributed by atoms with E-state index in [-0.39, 0.29) is 23.8 Å². The predicted molar refractivity (Wildman–Crippen MR) is 120 cm³/mol. The quantitative estimate of drug-likeness (QED) is 0.604. The van der Waals surface area contributed by atoms with E-state index >= 15 is 0 Å². The van der Waals surface area contributed by atoms with Crippen molar-refractivity contribution in [3.63, 3.8) is 0 Å². The minimum Gasteiger partial charge on any atom is -0.324 e. The van der Waals surface area contributed by atoms with Crippen molar-refractivity contribution < 1.29 is 14.4 Å². The summed E-state index contributed by atoms with van der Waals surface area (Å²) in [6.07, 6.45) is 1.69. The number of carbonyl (C=O) groups excluding carboxylic acids is 3. The Morgan fingerprint density at radius 3 is 2.74 bits per heavy atom. The highest BCUT2D eigenvalue weighted by atomic mass is 79.9. The van der Waals surface area contributed by atoms with Crippen LogP contribution in [0.15, 0.2) is 40.9 Å². The average Bonchev–Trinajstić information content (AvgIpc) is 3.43. The lowest BCUT2D eigenvalue weighted by molar-refractivity contribution is -0.135. The summed E-state index contributed by atoms with van der Waals surface area (Å²) >= 11 is 9.76. The van der Waals surface area contributed by atoms with Crippen LogP contribution >= 0.6 is 27.5 Å². The smallest absolute Gasteiger partial charge is 0.250 e. The standard InChI is InChI=1S/C23H19BrClN3O3/c1-11-15(25)8-7-14-19(11)26-22(31)23(14)18-17(16-6-3-9-27(16)23)20(29)28(21(18)30)13-5-2-4-12(24)10-13/h2,4-5,7-8,10,16-18H,3,6,9H2,1H3,(H,26,31). The van der Waals surface area contributed by atoms with E-state index in [1.54, 1.807) is 24.3 Å². The van der Waals surface area contributed by atoms with E-state index in [0.717, 1.165) is 28.4 Å². The van der Waals surface area contributed by atoms with Crippen molar-refractivity contribution >= 4 is 56.6 Å². The van der Waals surface area contributed by atoms with Gasteiger partial charge in [0.05, 0.1) is 23.2 Å².